The highest BCUT2D eigenvalue weighted by Gasteiger charge is 2.36. The molecule has 1 aromatic heterocycles. The van der Waals surface area contributed by atoms with Gasteiger partial charge in [0.1, 0.15) is 17.6 Å². The van der Waals surface area contributed by atoms with Crippen molar-refractivity contribution in [1.29, 1.82) is 0 Å². The minimum atomic E-state index is -4.45. The number of fused-ring (bicyclic) bond motifs is 1. The van der Waals surface area contributed by atoms with Crippen molar-refractivity contribution in [3.05, 3.63) is 77.5 Å². The Balaban J connectivity index is 1.40. The summed E-state index contributed by atoms with van der Waals surface area (Å²) in [4.78, 5) is 26.8. The van der Waals surface area contributed by atoms with Crippen LogP contribution in [0.5, 0.6) is 17.4 Å². The maximum atomic E-state index is 13.4. The number of halogens is 3. The van der Waals surface area contributed by atoms with Gasteiger partial charge in [-0.1, -0.05) is 18.2 Å². The van der Waals surface area contributed by atoms with Crippen molar-refractivity contribution in [3.8, 4) is 17.4 Å². The van der Waals surface area contributed by atoms with Gasteiger partial charge in [0.25, 0.3) is 0 Å². The number of hydrogen-bond donors (Lipinski definition) is 2. The van der Waals surface area contributed by atoms with E-state index < -0.39 is 17.8 Å². The maximum absolute atomic E-state index is 13.4. The smallest absolute Gasteiger partial charge is 0.416 e. The van der Waals surface area contributed by atoms with Gasteiger partial charge in [0.2, 0.25) is 17.7 Å². The fraction of sp³-hybridized carbons (Fsp3) is 0.240. The molecule has 2 N–H and O–H groups in total. The first kappa shape index (κ1) is 24.1. The van der Waals surface area contributed by atoms with Crippen LogP contribution in [0.1, 0.15) is 36.1 Å². The molecule has 35 heavy (non-hydrogen) atoms. The molecule has 2 aromatic carbocycles. The van der Waals surface area contributed by atoms with Crippen LogP contribution < -0.4 is 20.1 Å². The Bertz CT molecular complexity index is 1230. The van der Waals surface area contributed by atoms with Crippen LogP contribution in [0.15, 0.2) is 60.8 Å². The zero-order valence-corrected chi connectivity index (χ0v) is 18.7. The lowest BCUT2D eigenvalue weighted by Crippen LogP contribution is -2.31. The lowest BCUT2D eigenvalue weighted by Gasteiger charge is -2.28. The number of nitrogens with one attached hydrogen (secondary N) is 2. The van der Waals surface area contributed by atoms with Crippen molar-refractivity contribution >= 4 is 17.5 Å². The molecule has 0 saturated carbocycles. The number of alkyl halides is 3. The van der Waals surface area contributed by atoms with E-state index in [4.69, 9.17) is 9.47 Å². The zero-order chi connectivity index (χ0) is 25.0. The Hall–Kier alpha value is -4.08. The van der Waals surface area contributed by atoms with Gasteiger partial charge in [-0.2, -0.15) is 13.2 Å². The quantitative estimate of drug-likeness (QED) is 0.511. The van der Waals surface area contributed by atoms with Crippen LogP contribution in [-0.4, -0.2) is 23.3 Å². The van der Waals surface area contributed by atoms with Crippen LogP contribution in [0.2, 0.25) is 0 Å². The molecule has 10 heteroatoms. The molecule has 182 valence electrons. The number of rotatable bonds is 6. The largest absolute Gasteiger partial charge is 0.485 e. The molecule has 1 aliphatic rings. The Kier molecular flexibility index (Phi) is 6.90. The lowest BCUT2D eigenvalue weighted by molar-refractivity contribution is -0.139. The number of carbonyl (C=O) groups is 2. The molecule has 1 aliphatic heterocycles. The SMILES string of the molecule is CC(=O)NCC(=O)Nc1ccc(Oc2ccc3c(c2)CCC(c2ccccc2C(F)(F)F)O3)nc1. The van der Waals surface area contributed by atoms with Crippen LogP contribution in [0.25, 0.3) is 0 Å². The highest BCUT2D eigenvalue weighted by Crippen LogP contribution is 2.41. The van der Waals surface area contributed by atoms with Gasteiger partial charge >= 0.3 is 6.18 Å². The standard InChI is InChI=1S/C25H22F3N3O4/c1-15(32)29-14-23(33)31-17-7-11-24(30-13-17)34-18-8-10-21-16(12-18)6-9-22(35-21)19-4-2-3-5-20(19)25(26,27)28/h2-5,7-8,10-13,22H,6,9,14H2,1H3,(H,29,32)(H,31,33). The van der Waals surface area contributed by atoms with E-state index in [1.807, 2.05) is 0 Å². The first-order valence-corrected chi connectivity index (χ1v) is 10.8. The minimum absolute atomic E-state index is 0.124. The normalized spacial score (nSPS) is 14.9. The molecular weight excluding hydrogens is 463 g/mol. The summed E-state index contributed by atoms with van der Waals surface area (Å²) in [5.41, 5.74) is 0.704. The van der Waals surface area contributed by atoms with Gasteiger partial charge in [0, 0.05) is 18.6 Å². The first-order chi connectivity index (χ1) is 16.7. The van der Waals surface area contributed by atoms with E-state index in [0.717, 1.165) is 11.6 Å². The lowest BCUT2D eigenvalue weighted by atomic mass is 9.94. The molecule has 0 fully saturated rings. The summed E-state index contributed by atoms with van der Waals surface area (Å²) in [6, 6.07) is 13.7. The number of aromatic nitrogens is 1. The Morgan fingerprint density at radius 1 is 1.14 bits per heavy atom. The van der Waals surface area contributed by atoms with Gasteiger partial charge in [0.15, 0.2) is 0 Å². The summed E-state index contributed by atoms with van der Waals surface area (Å²) in [6.45, 7) is 1.17. The van der Waals surface area contributed by atoms with Gasteiger partial charge in [-0.3, -0.25) is 9.59 Å². The van der Waals surface area contributed by atoms with Crippen LogP contribution in [0.4, 0.5) is 18.9 Å². The van der Waals surface area contributed by atoms with Crippen molar-refractivity contribution in [2.75, 3.05) is 11.9 Å². The number of benzene rings is 2. The molecule has 2 amide bonds. The van der Waals surface area contributed by atoms with E-state index >= 15 is 0 Å². The molecule has 0 radical (unpaired) electrons. The van der Waals surface area contributed by atoms with Crippen LogP contribution >= 0.6 is 0 Å². The molecule has 0 saturated heterocycles. The summed E-state index contributed by atoms with van der Waals surface area (Å²) in [5, 5.41) is 5.00. The molecule has 0 aliphatic carbocycles. The predicted octanol–water partition coefficient (Wildman–Crippen LogP) is 5.03. The number of hydrogen-bond acceptors (Lipinski definition) is 5. The number of amides is 2. The van der Waals surface area contributed by atoms with Gasteiger partial charge in [-0.05, 0) is 48.7 Å². The fourth-order valence-corrected chi connectivity index (χ4v) is 3.73. The molecule has 2 heterocycles. The van der Waals surface area contributed by atoms with E-state index in [1.165, 1.54) is 25.3 Å². The fourth-order valence-electron chi connectivity index (χ4n) is 3.73. The van der Waals surface area contributed by atoms with Gasteiger partial charge in [0.05, 0.1) is 24.0 Å². The molecule has 0 bridgehead atoms. The Labute approximate surface area is 199 Å². The Morgan fingerprint density at radius 3 is 2.66 bits per heavy atom. The zero-order valence-electron chi connectivity index (χ0n) is 18.7. The molecule has 1 unspecified atom stereocenters. The topological polar surface area (TPSA) is 89.6 Å². The first-order valence-electron chi connectivity index (χ1n) is 10.8. The van der Waals surface area contributed by atoms with Crippen molar-refractivity contribution in [2.24, 2.45) is 0 Å². The third-order valence-corrected chi connectivity index (χ3v) is 5.33. The molecule has 3 aromatic rings. The maximum Gasteiger partial charge on any atom is 0.416 e. The van der Waals surface area contributed by atoms with E-state index in [2.05, 4.69) is 15.6 Å². The predicted molar refractivity (Wildman–Crippen MR) is 121 cm³/mol. The second-order valence-electron chi connectivity index (χ2n) is 7.94. The van der Waals surface area contributed by atoms with Crippen molar-refractivity contribution in [1.82, 2.24) is 10.3 Å². The van der Waals surface area contributed by atoms with Crippen molar-refractivity contribution < 1.29 is 32.2 Å². The average Bonchev–Trinajstić information content (AvgIpc) is 2.83. The number of pyridine rings is 1. The van der Waals surface area contributed by atoms with E-state index in [-0.39, 0.29) is 23.9 Å². The number of ether oxygens (including phenoxy) is 2. The molecule has 7 nitrogen and oxygen atoms in total. The third kappa shape index (κ3) is 6.08. The molecular formula is C25H22F3N3O4. The Morgan fingerprint density at radius 2 is 1.94 bits per heavy atom. The van der Waals surface area contributed by atoms with E-state index in [0.29, 0.717) is 35.9 Å². The van der Waals surface area contributed by atoms with E-state index in [1.54, 1.807) is 36.4 Å². The molecule has 4 rings (SSSR count). The number of nitrogens with zero attached hydrogens (tertiary/aromatic N) is 1. The van der Waals surface area contributed by atoms with Crippen LogP contribution in [0, 0.1) is 0 Å². The summed E-state index contributed by atoms with van der Waals surface area (Å²) in [6.07, 6.45) is -2.80. The second kappa shape index (κ2) is 10.0. The summed E-state index contributed by atoms with van der Waals surface area (Å²) < 4.78 is 51.9. The van der Waals surface area contributed by atoms with Crippen molar-refractivity contribution in [2.45, 2.75) is 32.0 Å². The summed E-state index contributed by atoms with van der Waals surface area (Å²) in [7, 11) is 0. The summed E-state index contributed by atoms with van der Waals surface area (Å²) >= 11 is 0. The number of carbonyl (C=O) groups excluding carboxylic acids is 2. The van der Waals surface area contributed by atoms with Gasteiger partial charge in [-0.15, -0.1) is 0 Å². The highest BCUT2D eigenvalue weighted by molar-refractivity contribution is 5.94. The van der Waals surface area contributed by atoms with Crippen LogP contribution in [0.3, 0.4) is 0 Å². The van der Waals surface area contributed by atoms with Gasteiger partial charge < -0.3 is 20.1 Å². The number of aryl methyl sites for hydroxylation is 1. The minimum Gasteiger partial charge on any atom is -0.485 e. The monoisotopic (exact) mass is 485 g/mol. The third-order valence-electron chi connectivity index (χ3n) is 5.33. The second-order valence-corrected chi connectivity index (χ2v) is 7.94. The average molecular weight is 485 g/mol. The molecule has 1 atom stereocenters. The van der Waals surface area contributed by atoms with Gasteiger partial charge in [-0.25, -0.2) is 4.98 Å². The molecule has 0 spiro atoms. The van der Waals surface area contributed by atoms with Crippen LogP contribution in [-0.2, 0) is 22.2 Å². The van der Waals surface area contributed by atoms with Crippen molar-refractivity contribution in [3.63, 3.8) is 0 Å². The summed E-state index contributed by atoms with van der Waals surface area (Å²) in [5.74, 6) is 0.603. The highest BCUT2D eigenvalue weighted by atomic mass is 19.4. The van der Waals surface area contributed by atoms with E-state index in [9.17, 15) is 22.8 Å². The number of anilines is 1.